The van der Waals surface area contributed by atoms with Crippen molar-refractivity contribution in [1.29, 1.82) is 0 Å². The molecule has 0 aliphatic rings. The molecule has 0 spiro atoms. The minimum absolute atomic E-state index is 0.139. The number of carboxylic acids is 1. The normalized spacial score (nSPS) is 9.45. The number of hydrogen-bond acceptors (Lipinski definition) is 5. The van der Waals surface area contributed by atoms with Crippen molar-refractivity contribution in [2.45, 2.75) is 13.8 Å². The number of anilines is 1. The molecule has 2 aromatic rings. The lowest BCUT2D eigenvalue weighted by molar-refractivity contribution is 0.0683. The zero-order chi connectivity index (χ0) is 16.7. The van der Waals surface area contributed by atoms with E-state index in [4.69, 9.17) is 21.4 Å². The molecule has 0 aliphatic heterocycles. The Morgan fingerprint density at radius 3 is 2.55 bits per heavy atom. The second-order valence-electron chi connectivity index (χ2n) is 3.62. The molecule has 1 aromatic heterocycles. The lowest BCUT2D eigenvalue weighted by Crippen LogP contribution is -2.13. The molecule has 118 valence electrons. The number of carbonyl (C=O) groups is 2. The molecule has 0 saturated carbocycles. The Bertz CT molecular complexity index is 672. The summed E-state index contributed by atoms with van der Waals surface area (Å²) in [7, 11) is 1.46. The van der Waals surface area contributed by atoms with Crippen molar-refractivity contribution in [2.75, 3.05) is 12.4 Å². The van der Waals surface area contributed by atoms with Gasteiger partial charge < -0.3 is 9.84 Å². The third-order valence-corrected chi connectivity index (χ3v) is 2.62. The highest BCUT2D eigenvalue weighted by Crippen LogP contribution is 2.25. The van der Waals surface area contributed by atoms with Crippen LogP contribution in [0.5, 0.6) is 5.75 Å². The van der Waals surface area contributed by atoms with E-state index in [2.05, 4.69) is 20.5 Å². The van der Waals surface area contributed by atoms with Crippen LogP contribution in [0.2, 0.25) is 5.02 Å². The number of hydrogen-bond donors (Lipinski definition) is 3. The number of amides is 1. The number of halogens is 1. The van der Waals surface area contributed by atoms with Crippen LogP contribution in [0.3, 0.4) is 0 Å². The number of nitrogens with zero attached hydrogens (tertiary/aromatic N) is 2. The first-order valence-electron chi connectivity index (χ1n) is 6.32. The Kier molecular flexibility index (Phi) is 6.33. The fraction of sp³-hybridized carbons (Fsp3) is 0.231. The van der Waals surface area contributed by atoms with Crippen LogP contribution < -0.4 is 10.1 Å². The Hall–Kier alpha value is -2.61. The van der Waals surface area contributed by atoms with Crippen LogP contribution in [0.15, 0.2) is 18.2 Å². The van der Waals surface area contributed by atoms with Crippen molar-refractivity contribution in [2.24, 2.45) is 0 Å². The minimum Gasteiger partial charge on any atom is -0.495 e. The van der Waals surface area contributed by atoms with Gasteiger partial charge in [0, 0.05) is 5.56 Å². The SMILES string of the molecule is CC.COc1ccc(C(=O)Nc2n[nH]c(C(=O)O)n2)cc1Cl. The highest BCUT2D eigenvalue weighted by atomic mass is 35.5. The van der Waals surface area contributed by atoms with Crippen LogP contribution in [0.4, 0.5) is 5.95 Å². The molecule has 0 fully saturated rings. The van der Waals surface area contributed by atoms with E-state index < -0.39 is 11.9 Å². The second-order valence-corrected chi connectivity index (χ2v) is 4.02. The van der Waals surface area contributed by atoms with Crippen molar-refractivity contribution >= 4 is 29.4 Å². The van der Waals surface area contributed by atoms with Crippen molar-refractivity contribution in [1.82, 2.24) is 15.2 Å². The van der Waals surface area contributed by atoms with Gasteiger partial charge in [-0.05, 0) is 18.2 Å². The van der Waals surface area contributed by atoms with Crippen LogP contribution in [0.25, 0.3) is 0 Å². The van der Waals surface area contributed by atoms with Crippen LogP contribution in [-0.4, -0.2) is 39.3 Å². The van der Waals surface area contributed by atoms with E-state index in [1.165, 1.54) is 25.3 Å². The second kappa shape index (κ2) is 7.99. The number of benzene rings is 1. The van der Waals surface area contributed by atoms with E-state index in [1.54, 1.807) is 0 Å². The standard InChI is InChI=1S/C11H9ClN4O4.C2H6/c1-20-7-3-2-5(4-6(7)12)9(17)14-11-13-8(10(18)19)15-16-11;1-2/h2-4H,1H3,(H,18,19)(H2,13,14,15,16,17);1-2H3. The van der Waals surface area contributed by atoms with E-state index in [-0.39, 0.29) is 22.4 Å². The number of carbonyl (C=O) groups excluding carboxylic acids is 1. The van der Waals surface area contributed by atoms with Crippen molar-refractivity contribution in [3.8, 4) is 5.75 Å². The molecule has 2 rings (SSSR count). The number of nitrogens with one attached hydrogen (secondary N) is 2. The van der Waals surface area contributed by atoms with Crippen LogP contribution >= 0.6 is 11.6 Å². The maximum Gasteiger partial charge on any atom is 0.373 e. The molecule has 1 aromatic carbocycles. The van der Waals surface area contributed by atoms with Crippen molar-refractivity contribution in [3.05, 3.63) is 34.6 Å². The highest BCUT2D eigenvalue weighted by Gasteiger charge is 2.14. The summed E-state index contributed by atoms with van der Waals surface area (Å²) in [6.07, 6.45) is 0. The summed E-state index contributed by atoms with van der Waals surface area (Å²) in [5.41, 5.74) is 0.262. The van der Waals surface area contributed by atoms with Gasteiger partial charge in [-0.2, -0.15) is 4.98 Å². The van der Waals surface area contributed by atoms with Crippen LogP contribution in [-0.2, 0) is 0 Å². The maximum absolute atomic E-state index is 11.9. The van der Waals surface area contributed by atoms with Gasteiger partial charge in [-0.15, -0.1) is 5.10 Å². The minimum atomic E-state index is -1.27. The first kappa shape index (κ1) is 17.4. The summed E-state index contributed by atoms with van der Waals surface area (Å²) in [5, 5.41) is 17.0. The molecule has 9 heteroatoms. The van der Waals surface area contributed by atoms with Gasteiger partial charge >= 0.3 is 5.97 Å². The van der Waals surface area contributed by atoms with E-state index in [0.717, 1.165) is 0 Å². The van der Waals surface area contributed by atoms with E-state index in [1.807, 2.05) is 13.8 Å². The molecular weight excluding hydrogens is 312 g/mol. The van der Waals surface area contributed by atoms with Gasteiger partial charge in [0.2, 0.25) is 11.8 Å². The molecule has 0 unspecified atom stereocenters. The predicted molar refractivity (Wildman–Crippen MR) is 80.6 cm³/mol. The quantitative estimate of drug-likeness (QED) is 0.794. The zero-order valence-electron chi connectivity index (χ0n) is 12.2. The zero-order valence-corrected chi connectivity index (χ0v) is 12.9. The Morgan fingerprint density at radius 2 is 2.05 bits per heavy atom. The monoisotopic (exact) mass is 326 g/mol. The number of rotatable bonds is 4. The number of aromatic amines is 1. The van der Waals surface area contributed by atoms with Gasteiger partial charge in [0.05, 0.1) is 12.1 Å². The van der Waals surface area contributed by atoms with E-state index in [0.29, 0.717) is 5.75 Å². The number of ether oxygens (including phenoxy) is 1. The molecule has 0 atom stereocenters. The van der Waals surface area contributed by atoms with Gasteiger partial charge in [0.25, 0.3) is 5.91 Å². The lowest BCUT2D eigenvalue weighted by atomic mass is 10.2. The third kappa shape index (κ3) is 4.19. The number of aromatic nitrogens is 3. The van der Waals surface area contributed by atoms with E-state index in [9.17, 15) is 9.59 Å². The number of carboxylic acid groups (broad SMARTS) is 1. The average Bonchev–Trinajstić information content (AvgIpc) is 2.98. The molecule has 0 aliphatic carbocycles. The summed E-state index contributed by atoms with van der Waals surface area (Å²) >= 11 is 5.90. The fourth-order valence-electron chi connectivity index (χ4n) is 1.39. The Balaban J connectivity index is 0.00000116. The molecule has 3 N–H and O–H groups in total. The molecule has 1 heterocycles. The highest BCUT2D eigenvalue weighted by molar-refractivity contribution is 6.32. The maximum atomic E-state index is 11.9. The number of H-pyrrole nitrogens is 1. The lowest BCUT2D eigenvalue weighted by Gasteiger charge is -2.05. The van der Waals surface area contributed by atoms with Crippen LogP contribution in [0.1, 0.15) is 34.8 Å². The topological polar surface area (TPSA) is 117 Å². The first-order chi connectivity index (χ1) is 10.5. The molecule has 22 heavy (non-hydrogen) atoms. The van der Waals surface area contributed by atoms with Gasteiger partial charge in [0.1, 0.15) is 5.75 Å². The smallest absolute Gasteiger partial charge is 0.373 e. The van der Waals surface area contributed by atoms with Gasteiger partial charge in [-0.25, -0.2) is 4.79 Å². The Labute approximate surface area is 131 Å². The summed E-state index contributed by atoms with van der Waals surface area (Å²) in [5.74, 6) is -1.86. The summed E-state index contributed by atoms with van der Waals surface area (Å²) < 4.78 is 4.97. The fourth-order valence-corrected chi connectivity index (χ4v) is 1.65. The van der Waals surface area contributed by atoms with Gasteiger partial charge in [0.15, 0.2) is 0 Å². The predicted octanol–water partition coefficient (Wildman–Crippen LogP) is 2.44. The molecule has 1 amide bonds. The average molecular weight is 327 g/mol. The number of methoxy groups -OCH3 is 1. The molecule has 8 nitrogen and oxygen atoms in total. The summed E-state index contributed by atoms with van der Waals surface area (Å²) in [6.45, 7) is 4.00. The molecule has 0 saturated heterocycles. The Morgan fingerprint density at radius 1 is 1.36 bits per heavy atom. The largest absolute Gasteiger partial charge is 0.495 e. The van der Waals surface area contributed by atoms with Gasteiger partial charge in [-0.1, -0.05) is 25.4 Å². The van der Waals surface area contributed by atoms with Crippen molar-refractivity contribution in [3.63, 3.8) is 0 Å². The molecular formula is C13H15ClN4O4. The molecule has 0 radical (unpaired) electrons. The van der Waals surface area contributed by atoms with Crippen molar-refractivity contribution < 1.29 is 19.4 Å². The van der Waals surface area contributed by atoms with E-state index >= 15 is 0 Å². The molecule has 0 bridgehead atoms. The van der Waals surface area contributed by atoms with Crippen LogP contribution in [0, 0.1) is 0 Å². The number of aromatic carboxylic acids is 1. The third-order valence-electron chi connectivity index (χ3n) is 2.33. The summed E-state index contributed by atoms with van der Waals surface area (Å²) in [6, 6.07) is 4.46. The first-order valence-corrected chi connectivity index (χ1v) is 6.69. The summed E-state index contributed by atoms with van der Waals surface area (Å²) in [4.78, 5) is 26.1. The van der Waals surface area contributed by atoms with Gasteiger partial charge in [-0.3, -0.25) is 15.2 Å².